The van der Waals surface area contributed by atoms with E-state index in [0.29, 0.717) is 17.2 Å². The zero-order chi connectivity index (χ0) is 24.5. The van der Waals surface area contributed by atoms with E-state index in [-0.39, 0.29) is 22.6 Å². The van der Waals surface area contributed by atoms with Gasteiger partial charge in [-0.1, -0.05) is 56.3 Å². The van der Waals surface area contributed by atoms with E-state index >= 15 is 0 Å². The maximum absolute atomic E-state index is 14.0. The minimum absolute atomic E-state index is 0.00774. The molecule has 0 saturated heterocycles. The number of carbonyl (C=O) groups is 1. The molecular weight excluding hydrogens is 445 g/mol. The third-order valence-corrected chi connectivity index (χ3v) is 5.34. The number of ether oxygens (including phenoxy) is 1. The first-order valence-electron chi connectivity index (χ1n) is 10.7. The number of amides is 1. The number of alkyl halides is 3. The summed E-state index contributed by atoms with van der Waals surface area (Å²) in [7, 11) is 1.51. The molecule has 0 aliphatic heterocycles. The molecule has 0 radical (unpaired) electrons. The van der Waals surface area contributed by atoms with Gasteiger partial charge in [-0.25, -0.2) is 4.68 Å². The Kier molecular flexibility index (Phi) is 6.28. The molecular formula is C25H23F3N4O2. The van der Waals surface area contributed by atoms with Gasteiger partial charge in [0.15, 0.2) is 12.3 Å². The van der Waals surface area contributed by atoms with Crippen molar-refractivity contribution >= 4 is 22.6 Å². The standard InChI is InChI=1S/C25H23F3N4O2/c1-15(2)16-9-11-18(12-10-16)29-20(33)14-34-21-13-19(25(26,27)28)22-23(17-7-5-4-6-8-17)31-32(3)24(22)30-21/h4-13,15H,14H2,1-3H3,(H,29,33). The first-order valence-corrected chi connectivity index (χ1v) is 10.7. The van der Waals surface area contributed by atoms with Crippen molar-refractivity contribution in [3.8, 4) is 17.1 Å². The summed E-state index contributed by atoms with van der Waals surface area (Å²) < 4.78 is 48.6. The first-order chi connectivity index (χ1) is 16.1. The number of pyridine rings is 1. The van der Waals surface area contributed by atoms with Crippen LogP contribution in [0.3, 0.4) is 0 Å². The third-order valence-electron chi connectivity index (χ3n) is 5.34. The molecule has 0 spiro atoms. The van der Waals surface area contributed by atoms with E-state index in [1.54, 1.807) is 42.5 Å². The average Bonchev–Trinajstić information content (AvgIpc) is 3.14. The molecule has 0 aliphatic rings. The van der Waals surface area contributed by atoms with E-state index in [1.807, 2.05) is 12.1 Å². The van der Waals surface area contributed by atoms with Crippen molar-refractivity contribution < 1.29 is 22.7 Å². The molecule has 0 atom stereocenters. The Labute approximate surface area is 194 Å². The summed E-state index contributed by atoms with van der Waals surface area (Å²) in [6, 6.07) is 16.7. The van der Waals surface area contributed by atoms with E-state index < -0.39 is 24.3 Å². The van der Waals surface area contributed by atoms with E-state index in [0.717, 1.165) is 11.6 Å². The van der Waals surface area contributed by atoms with Crippen molar-refractivity contribution in [2.24, 2.45) is 7.05 Å². The van der Waals surface area contributed by atoms with Crippen LogP contribution in [0.5, 0.6) is 5.88 Å². The van der Waals surface area contributed by atoms with Crippen LogP contribution in [0.15, 0.2) is 60.7 Å². The monoisotopic (exact) mass is 468 g/mol. The zero-order valence-corrected chi connectivity index (χ0v) is 18.8. The van der Waals surface area contributed by atoms with Gasteiger partial charge in [0.25, 0.3) is 5.91 Å². The van der Waals surface area contributed by atoms with Crippen LogP contribution in [0.4, 0.5) is 18.9 Å². The highest BCUT2D eigenvalue weighted by atomic mass is 19.4. The van der Waals surface area contributed by atoms with Crippen molar-refractivity contribution in [3.63, 3.8) is 0 Å². The number of nitrogens with zero attached hydrogens (tertiary/aromatic N) is 3. The molecule has 4 rings (SSSR count). The molecule has 0 bridgehead atoms. The molecule has 6 nitrogen and oxygen atoms in total. The number of aromatic nitrogens is 3. The first kappa shape index (κ1) is 23.3. The quantitative estimate of drug-likeness (QED) is 0.389. The predicted octanol–water partition coefficient (Wildman–Crippen LogP) is 5.80. The fourth-order valence-corrected chi connectivity index (χ4v) is 3.61. The lowest BCUT2D eigenvalue weighted by molar-refractivity contribution is -0.136. The second kappa shape index (κ2) is 9.17. The normalized spacial score (nSPS) is 11.7. The smallest absolute Gasteiger partial charge is 0.417 e. The molecule has 2 heterocycles. The molecule has 0 saturated carbocycles. The number of anilines is 1. The molecule has 0 fully saturated rings. The number of nitrogens with one attached hydrogen (secondary N) is 1. The number of halogens is 3. The maximum Gasteiger partial charge on any atom is 0.417 e. The van der Waals surface area contributed by atoms with Gasteiger partial charge in [-0.3, -0.25) is 4.79 Å². The fraction of sp³-hybridized carbons (Fsp3) is 0.240. The van der Waals surface area contributed by atoms with Gasteiger partial charge in [-0.15, -0.1) is 0 Å². The Bertz CT molecular complexity index is 1310. The van der Waals surface area contributed by atoms with Gasteiger partial charge in [0, 0.05) is 24.4 Å². The SMILES string of the molecule is CC(C)c1ccc(NC(=O)COc2cc(C(F)(F)F)c3c(-c4ccccc4)nn(C)c3n2)cc1. The average molecular weight is 468 g/mol. The van der Waals surface area contributed by atoms with Crippen molar-refractivity contribution in [2.45, 2.75) is 25.9 Å². The summed E-state index contributed by atoms with van der Waals surface area (Å²) in [5.74, 6) is -0.471. The van der Waals surface area contributed by atoms with E-state index in [4.69, 9.17) is 4.74 Å². The number of carbonyl (C=O) groups excluding carboxylic acids is 1. The second-order valence-electron chi connectivity index (χ2n) is 8.16. The van der Waals surface area contributed by atoms with Crippen LogP contribution in [0.2, 0.25) is 0 Å². The largest absolute Gasteiger partial charge is 0.467 e. The number of benzene rings is 2. The molecule has 1 amide bonds. The highest BCUT2D eigenvalue weighted by Gasteiger charge is 2.36. The topological polar surface area (TPSA) is 69.0 Å². The molecule has 1 N–H and O–H groups in total. The predicted molar refractivity (Wildman–Crippen MR) is 124 cm³/mol. The molecule has 34 heavy (non-hydrogen) atoms. The van der Waals surface area contributed by atoms with Crippen molar-refractivity contribution in [1.82, 2.24) is 14.8 Å². The summed E-state index contributed by atoms with van der Waals surface area (Å²) >= 11 is 0. The van der Waals surface area contributed by atoms with Gasteiger partial charge in [-0.05, 0) is 23.6 Å². The lowest BCUT2D eigenvalue weighted by Gasteiger charge is -2.12. The number of rotatable bonds is 6. The van der Waals surface area contributed by atoms with Crippen molar-refractivity contribution in [1.29, 1.82) is 0 Å². The van der Waals surface area contributed by atoms with E-state index in [2.05, 4.69) is 29.2 Å². The second-order valence-corrected chi connectivity index (χ2v) is 8.16. The minimum atomic E-state index is -4.67. The Morgan fingerprint density at radius 2 is 1.76 bits per heavy atom. The number of fused-ring (bicyclic) bond motifs is 1. The van der Waals surface area contributed by atoms with Crippen LogP contribution in [-0.2, 0) is 18.0 Å². The molecule has 0 unspecified atom stereocenters. The molecule has 9 heteroatoms. The van der Waals surface area contributed by atoms with Gasteiger partial charge in [0.2, 0.25) is 5.88 Å². The highest BCUT2D eigenvalue weighted by molar-refractivity contribution is 5.95. The Balaban J connectivity index is 1.60. The summed E-state index contributed by atoms with van der Waals surface area (Å²) in [5, 5.41) is 6.81. The van der Waals surface area contributed by atoms with Crippen LogP contribution in [0.1, 0.15) is 30.9 Å². The summed E-state index contributed by atoms with van der Waals surface area (Å²) in [6.45, 7) is 3.63. The Morgan fingerprint density at radius 1 is 1.09 bits per heavy atom. The van der Waals surface area contributed by atoms with Crippen molar-refractivity contribution in [3.05, 3.63) is 71.8 Å². The number of hydrogen-bond donors (Lipinski definition) is 1. The lowest BCUT2D eigenvalue weighted by Crippen LogP contribution is -2.20. The molecule has 4 aromatic rings. The third kappa shape index (κ3) is 4.88. The molecule has 176 valence electrons. The van der Waals surface area contributed by atoms with Crippen LogP contribution in [-0.4, -0.2) is 27.3 Å². The number of aryl methyl sites for hydroxylation is 1. The van der Waals surface area contributed by atoms with Crippen LogP contribution < -0.4 is 10.1 Å². The van der Waals surface area contributed by atoms with E-state index in [9.17, 15) is 18.0 Å². The highest BCUT2D eigenvalue weighted by Crippen LogP contribution is 2.40. The summed E-state index contributed by atoms with van der Waals surface area (Å²) in [4.78, 5) is 16.5. The van der Waals surface area contributed by atoms with Gasteiger partial charge in [0.1, 0.15) is 5.69 Å². The summed E-state index contributed by atoms with van der Waals surface area (Å²) in [5.41, 5.74) is 1.48. The van der Waals surface area contributed by atoms with Crippen LogP contribution in [0.25, 0.3) is 22.3 Å². The minimum Gasteiger partial charge on any atom is -0.467 e. The maximum atomic E-state index is 14.0. The lowest BCUT2D eigenvalue weighted by atomic mass is 10.0. The molecule has 0 aliphatic carbocycles. The van der Waals surface area contributed by atoms with Gasteiger partial charge >= 0.3 is 6.18 Å². The van der Waals surface area contributed by atoms with Crippen molar-refractivity contribution in [2.75, 3.05) is 11.9 Å². The molecule has 2 aromatic heterocycles. The van der Waals surface area contributed by atoms with Gasteiger partial charge in [0.05, 0.1) is 10.9 Å². The fourth-order valence-electron chi connectivity index (χ4n) is 3.61. The van der Waals surface area contributed by atoms with Gasteiger partial charge in [-0.2, -0.15) is 23.3 Å². The van der Waals surface area contributed by atoms with Gasteiger partial charge < -0.3 is 10.1 Å². The van der Waals surface area contributed by atoms with Crippen LogP contribution >= 0.6 is 0 Å². The summed E-state index contributed by atoms with van der Waals surface area (Å²) in [6.07, 6.45) is -4.67. The number of hydrogen-bond acceptors (Lipinski definition) is 4. The van der Waals surface area contributed by atoms with E-state index in [1.165, 1.54) is 11.7 Å². The molecule has 2 aromatic carbocycles. The zero-order valence-electron chi connectivity index (χ0n) is 18.8. The Morgan fingerprint density at radius 3 is 2.38 bits per heavy atom. The Hall–Kier alpha value is -3.88. The van der Waals surface area contributed by atoms with Crippen LogP contribution in [0, 0.1) is 0 Å².